The Balaban J connectivity index is 1.61. The summed E-state index contributed by atoms with van der Waals surface area (Å²) in [4.78, 5) is 14.2. The maximum Gasteiger partial charge on any atom is 0.253 e. The third-order valence-corrected chi connectivity index (χ3v) is 4.03. The van der Waals surface area contributed by atoms with Crippen LogP contribution in [0.2, 0.25) is 0 Å². The van der Waals surface area contributed by atoms with Gasteiger partial charge in [-0.2, -0.15) is 0 Å². The summed E-state index contributed by atoms with van der Waals surface area (Å²) in [6.45, 7) is 3.04. The highest BCUT2D eigenvalue weighted by atomic mass is 16.5. The molecule has 122 valence electrons. The number of likely N-dealkylation sites (N-methyl/N-ethyl adjacent to an activating group) is 1. The number of carbonyl (C=O) groups excluding carboxylic acids is 1. The number of amides is 1. The highest BCUT2D eigenvalue weighted by Gasteiger charge is 2.12. The highest BCUT2D eigenvalue weighted by Crippen LogP contribution is 2.17. The van der Waals surface area contributed by atoms with Gasteiger partial charge in [0.1, 0.15) is 12.4 Å². The molecular formula is C21H21NO2. The Labute approximate surface area is 142 Å². The Morgan fingerprint density at radius 3 is 2.54 bits per heavy atom. The first-order chi connectivity index (χ1) is 11.6. The van der Waals surface area contributed by atoms with Crippen molar-refractivity contribution in [1.29, 1.82) is 0 Å². The minimum atomic E-state index is 0.00796. The van der Waals surface area contributed by atoms with Crippen molar-refractivity contribution >= 4 is 16.7 Å². The molecular weight excluding hydrogens is 298 g/mol. The normalized spacial score (nSPS) is 10.6. The molecule has 0 bridgehead atoms. The minimum Gasteiger partial charge on any atom is -0.492 e. The van der Waals surface area contributed by atoms with Crippen molar-refractivity contribution < 1.29 is 9.53 Å². The van der Waals surface area contributed by atoms with E-state index in [-0.39, 0.29) is 5.91 Å². The standard InChI is InChI=1S/C21H21NO2/c1-16-6-5-9-20(14-16)24-13-12-22(2)21(23)19-11-10-17-7-3-4-8-18(17)15-19/h3-11,14-15H,12-13H2,1-2H3. The van der Waals surface area contributed by atoms with Crippen LogP contribution in [0.5, 0.6) is 5.75 Å². The van der Waals surface area contributed by atoms with Crippen LogP contribution >= 0.6 is 0 Å². The molecule has 0 atom stereocenters. The smallest absolute Gasteiger partial charge is 0.253 e. The topological polar surface area (TPSA) is 29.5 Å². The van der Waals surface area contributed by atoms with Crippen molar-refractivity contribution in [3.05, 3.63) is 77.9 Å². The van der Waals surface area contributed by atoms with Gasteiger partial charge in [-0.25, -0.2) is 0 Å². The van der Waals surface area contributed by atoms with E-state index in [0.29, 0.717) is 18.7 Å². The lowest BCUT2D eigenvalue weighted by atomic mass is 10.1. The number of hydrogen-bond acceptors (Lipinski definition) is 2. The third-order valence-electron chi connectivity index (χ3n) is 4.03. The summed E-state index contributed by atoms with van der Waals surface area (Å²) in [6.07, 6.45) is 0. The van der Waals surface area contributed by atoms with Crippen molar-refractivity contribution in [2.24, 2.45) is 0 Å². The van der Waals surface area contributed by atoms with Gasteiger partial charge in [0.15, 0.2) is 0 Å². The number of ether oxygens (including phenoxy) is 1. The molecule has 3 rings (SSSR count). The van der Waals surface area contributed by atoms with Crippen LogP contribution in [0.4, 0.5) is 0 Å². The van der Waals surface area contributed by atoms with Crippen LogP contribution in [0, 0.1) is 6.92 Å². The van der Waals surface area contributed by atoms with E-state index in [4.69, 9.17) is 4.74 Å². The van der Waals surface area contributed by atoms with E-state index in [1.807, 2.05) is 73.7 Å². The van der Waals surface area contributed by atoms with Gasteiger partial charge in [-0.15, -0.1) is 0 Å². The van der Waals surface area contributed by atoms with Gasteiger partial charge in [0, 0.05) is 12.6 Å². The molecule has 1 amide bonds. The van der Waals surface area contributed by atoms with Crippen molar-refractivity contribution in [2.45, 2.75) is 6.92 Å². The molecule has 0 fully saturated rings. The molecule has 0 saturated carbocycles. The van der Waals surface area contributed by atoms with Crippen LogP contribution in [-0.2, 0) is 0 Å². The fraction of sp³-hybridized carbons (Fsp3) is 0.190. The van der Waals surface area contributed by atoms with Crippen molar-refractivity contribution in [3.63, 3.8) is 0 Å². The van der Waals surface area contributed by atoms with E-state index in [0.717, 1.165) is 22.1 Å². The number of rotatable bonds is 5. The third kappa shape index (κ3) is 3.74. The Morgan fingerprint density at radius 1 is 0.958 bits per heavy atom. The average molecular weight is 319 g/mol. The fourth-order valence-electron chi connectivity index (χ4n) is 2.65. The molecule has 3 aromatic rings. The molecule has 3 heteroatoms. The van der Waals surface area contributed by atoms with Crippen molar-refractivity contribution in [3.8, 4) is 5.75 Å². The quantitative estimate of drug-likeness (QED) is 0.702. The predicted octanol–water partition coefficient (Wildman–Crippen LogP) is 4.30. The Morgan fingerprint density at radius 2 is 1.75 bits per heavy atom. The Kier molecular flexibility index (Phi) is 4.80. The van der Waals surface area contributed by atoms with Crippen molar-refractivity contribution in [2.75, 3.05) is 20.2 Å². The predicted molar refractivity (Wildman–Crippen MR) is 97.6 cm³/mol. The lowest BCUT2D eigenvalue weighted by Gasteiger charge is -2.18. The SMILES string of the molecule is Cc1cccc(OCCN(C)C(=O)c2ccc3ccccc3c2)c1. The molecule has 0 aliphatic heterocycles. The molecule has 0 aliphatic rings. The van der Waals surface area contributed by atoms with Gasteiger partial charge in [-0.1, -0.05) is 42.5 Å². The number of benzene rings is 3. The Hall–Kier alpha value is -2.81. The average Bonchev–Trinajstić information content (AvgIpc) is 2.60. The second-order valence-corrected chi connectivity index (χ2v) is 5.95. The summed E-state index contributed by atoms with van der Waals surface area (Å²) in [6, 6.07) is 21.8. The van der Waals surface area contributed by atoms with Gasteiger partial charge in [0.05, 0.1) is 6.54 Å². The van der Waals surface area contributed by atoms with Crippen LogP contribution in [0.1, 0.15) is 15.9 Å². The van der Waals surface area contributed by atoms with Crippen molar-refractivity contribution in [1.82, 2.24) is 4.90 Å². The van der Waals surface area contributed by atoms with E-state index in [9.17, 15) is 4.79 Å². The number of nitrogens with zero attached hydrogens (tertiary/aromatic N) is 1. The number of hydrogen-bond donors (Lipinski definition) is 0. The number of carbonyl (C=O) groups is 1. The summed E-state index contributed by atoms with van der Waals surface area (Å²) in [7, 11) is 1.80. The van der Waals surface area contributed by atoms with Crippen LogP contribution in [0.15, 0.2) is 66.7 Å². The first kappa shape index (κ1) is 16.1. The molecule has 0 N–H and O–H groups in total. The number of aryl methyl sites for hydroxylation is 1. The van der Waals surface area contributed by atoms with Gasteiger partial charge in [-0.3, -0.25) is 4.79 Å². The first-order valence-electron chi connectivity index (χ1n) is 8.07. The van der Waals surface area contributed by atoms with E-state index in [2.05, 4.69) is 0 Å². The van der Waals surface area contributed by atoms with E-state index in [1.54, 1.807) is 11.9 Å². The second-order valence-electron chi connectivity index (χ2n) is 5.95. The van der Waals surface area contributed by atoms with Gasteiger partial charge in [0.2, 0.25) is 0 Å². The molecule has 0 unspecified atom stereocenters. The highest BCUT2D eigenvalue weighted by molar-refractivity contribution is 5.98. The molecule has 0 aliphatic carbocycles. The lowest BCUT2D eigenvalue weighted by molar-refractivity contribution is 0.0774. The zero-order valence-electron chi connectivity index (χ0n) is 14.0. The van der Waals surface area contributed by atoms with E-state index < -0.39 is 0 Å². The zero-order valence-corrected chi connectivity index (χ0v) is 14.0. The van der Waals surface area contributed by atoms with Gasteiger partial charge in [-0.05, 0) is 47.5 Å². The number of fused-ring (bicyclic) bond motifs is 1. The monoisotopic (exact) mass is 319 g/mol. The van der Waals surface area contributed by atoms with Gasteiger partial charge < -0.3 is 9.64 Å². The molecule has 0 aromatic heterocycles. The summed E-state index contributed by atoms with van der Waals surface area (Å²) >= 11 is 0. The van der Waals surface area contributed by atoms with Crippen LogP contribution < -0.4 is 4.74 Å². The largest absolute Gasteiger partial charge is 0.492 e. The summed E-state index contributed by atoms with van der Waals surface area (Å²) in [5, 5.41) is 2.22. The van der Waals surface area contributed by atoms with Crippen LogP contribution in [0.3, 0.4) is 0 Å². The lowest BCUT2D eigenvalue weighted by Crippen LogP contribution is -2.30. The molecule has 0 heterocycles. The minimum absolute atomic E-state index is 0.00796. The van der Waals surface area contributed by atoms with Crippen LogP contribution in [0.25, 0.3) is 10.8 Å². The molecule has 0 radical (unpaired) electrons. The maximum absolute atomic E-state index is 12.6. The maximum atomic E-state index is 12.6. The van der Waals surface area contributed by atoms with E-state index in [1.165, 1.54) is 0 Å². The molecule has 0 spiro atoms. The fourth-order valence-corrected chi connectivity index (χ4v) is 2.65. The van der Waals surface area contributed by atoms with Gasteiger partial charge >= 0.3 is 0 Å². The van der Waals surface area contributed by atoms with Gasteiger partial charge in [0.25, 0.3) is 5.91 Å². The van der Waals surface area contributed by atoms with Crippen LogP contribution in [-0.4, -0.2) is 31.0 Å². The Bertz CT molecular complexity index is 857. The molecule has 3 aromatic carbocycles. The summed E-state index contributed by atoms with van der Waals surface area (Å²) in [5.41, 5.74) is 1.86. The summed E-state index contributed by atoms with van der Waals surface area (Å²) < 4.78 is 5.72. The molecule has 24 heavy (non-hydrogen) atoms. The molecule has 0 saturated heterocycles. The summed E-state index contributed by atoms with van der Waals surface area (Å²) in [5.74, 6) is 0.843. The zero-order chi connectivity index (χ0) is 16.9. The first-order valence-corrected chi connectivity index (χ1v) is 8.07. The van der Waals surface area contributed by atoms with E-state index >= 15 is 0 Å². The second kappa shape index (κ2) is 7.18. The molecule has 3 nitrogen and oxygen atoms in total.